The molecule has 0 aromatic heterocycles. The number of benzene rings is 1. The van der Waals surface area contributed by atoms with Crippen molar-refractivity contribution < 1.29 is 13.5 Å². The van der Waals surface area contributed by atoms with Crippen molar-refractivity contribution >= 4 is 10.7 Å². The molecular weight excluding hydrogens is 190 g/mol. The molecule has 1 atom stereocenters. The van der Waals surface area contributed by atoms with E-state index in [-0.39, 0.29) is 11.4 Å². The average Bonchev–Trinajstić information content (AvgIpc) is 2.17. The Morgan fingerprint density at radius 1 is 1.31 bits per heavy atom. The molecule has 0 radical (unpaired) electrons. The van der Waals surface area contributed by atoms with Crippen molar-refractivity contribution in [3.8, 4) is 0 Å². The van der Waals surface area contributed by atoms with Crippen LogP contribution in [-0.4, -0.2) is 20.1 Å². The summed E-state index contributed by atoms with van der Waals surface area (Å²) < 4.78 is 21.0. The fourth-order valence-corrected chi connectivity index (χ4v) is 1.35. The summed E-state index contributed by atoms with van der Waals surface area (Å²) in [5, 5.41) is 9.28. The summed E-state index contributed by atoms with van der Waals surface area (Å²) in [6.45, 7) is 0.128. The second-order valence-electron chi connectivity index (χ2n) is 2.60. The van der Waals surface area contributed by atoms with Crippen molar-refractivity contribution in [3.05, 3.63) is 29.8 Å². The average molecular weight is 201 g/mol. The number of aliphatic hydroxyl groups is 1. The molecule has 0 aliphatic rings. The van der Waals surface area contributed by atoms with Crippen LogP contribution in [0.2, 0.25) is 0 Å². The standard InChI is InChI=1S/C8H11NO3S/c9-5-8(10)6-1-3-7(4-2-6)13(11)12/h1-4,8,10,13H,5,9H2. The highest BCUT2D eigenvalue weighted by Gasteiger charge is 2.04. The maximum atomic E-state index is 10.5. The lowest BCUT2D eigenvalue weighted by Crippen LogP contribution is -2.11. The second-order valence-corrected chi connectivity index (χ2v) is 3.63. The first-order valence-corrected chi connectivity index (χ1v) is 4.95. The molecule has 5 heteroatoms. The number of nitrogens with two attached hydrogens (primary N) is 1. The van der Waals surface area contributed by atoms with Gasteiger partial charge in [0.15, 0.2) is 10.7 Å². The first kappa shape index (κ1) is 10.2. The van der Waals surface area contributed by atoms with Crippen LogP contribution >= 0.6 is 0 Å². The van der Waals surface area contributed by atoms with E-state index in [1.54, 1.807) is 12.1 Å². The molecule has 0 saturated heterocycles. The van der Waals surface area contributed by atoms with Crippen LogP contribution in [0.4, 0.5) is 0 Å². The van der Waals surface area contributed by atoms with Crippen molar-refractivity contribution in [3.63, 3.8) is 0 Å². The normalized spacial score (nSPS) is 13.2. The van der Waals surface area contributed by atoms with Crippen molar-refractivity contribution in [2.75, 3.05) is 6.54 Å². The minimum atomic E-state index is -2.54. The molecule has 0 heterocycles. The summed E-state index contributed by atoms with van der Waals surface area (Å²) in [5.41, 5.74) is 5.86. The summed E-state index contributed by atoms with van der Waals surface area (Å²) in [4.78, 5) is 0.239. The summed E-state index contributed by atoms with van der Waals surface area (Å²) in [7, 11) is -2.54. The van der Waals surface area contributed by atoms with Gasteiger partial charge in [0, 0.05) is 6.54 Å². The quantitative estimate of drug-likeness (QED) is 0.584. The Labute approximate surface area is 78.0 Å². The van der Waals surface area contributed by atoms with E-state index in [9.17, 15) is 13.5 Å². The van der Waals surface area contributed by atoms with Crippen LogP contribution in [0.15, 0.2) is 29.2 Å². The Balaban J connectivity index is 2.93. The van der Waals surface area contributed by atoms with Gasteiger partial charge in [-0.1, -0.05) is 12.1 Å². The SMILES string of the molecule is NCC(O)c1ccc([SH](=O)=O)cc1. The smallest absolute Gasteiger partial charge is 0.168 e. The van der Waals surface area contributed by atoms with Crippen LogP contribution < -0.4 is 5.73 Å². The molecule has 13 heavy (non-hydrogen) atoms. The third-order valence-electron chi connectivity index (χ3n) is 1.71. The number of thiol groups is 1. The number of aliphatic hydroxyl groups excluding tert-OH is 1. The molecule has 0 aliphatic heterocycles. The molecule has 3 N–H and O–H groups in total. The topological polar surface area (TPSA) is 80.4 Å². The largest absolute Gasteiger partial charge is 0.387 e. The number of hydrogen-bond acceptors (Lipinski definition) is 4. The van der Waals surface area contributed by atoms with Crippen LogP contribution in [0.25, 0.3) is 0 Å². The predicted molar refractivity (Wildman–Crippen MR) is 49.0 cm³/mol. The van der Waals surface area contributed by atoms with Crippen molar-refractivity contribution in [1.29, 1.82) is 0 Å². The zero-order chi connectivity index (χ0) is 9.84. The number of hydrogen-bond donors (Lipinski definition) is 3. The molecule has 72 valence electrons. The van der Waals surface area contributed by atoms with E-state index in [1.807, 2.05) is 0 Å². The van der Waals surface area contributed by atoms with E-state index in [4.69, 9.17) is 5.73 Å². The molecule has 1 aromatic carbocycles. The highest BCUT2D eigenvalue weighted by atomic mass is 32.2. The summed E-state index contributed by atoms with van der Waals surface area (Å²) in [6.07, 6.45) is -0.724. The Hall–Kier alpha value is -0.910. The van der Waals surface area contributed by atoms with Gasteiger partial charge in [-0.3, -0.25) is 0 Å². The molecule has 0 aliphatic carbocycles. The lowest BCUT2D eigenvalue weighted by atomic mass is 10.1. The molecule has 1 rings (SSSR count). The minimum absolute atomic E-state index is 0.128. The lowest BCUT2D eigenvalue weighted by molar-refractivity contribution is 0.186. The zero-order valence-electron chi connectivity index (χ0n) is 6.88. The maximum absolute atomic E-state index is 10.5. The Morgan fingerprint density at radius 2 is 1.85 bits per heavy atom. The van der Waals surface area contributed by atoms with Gasteiger partial charge in [-0.15, -0.1) is 0 Å². The fraction of sp³-hybridized carbons (Fsp3) is 0.250. The monoisotopic (exact) mass is 201 g/mol. The zero-order valence-corrected chi connectivity index (χ0v) is 7.78. The molecule has 0 saturated carbocycles. The molecule has 1 aromatic rings. The van der Waals surface area contributed by atoms with Gasteiger partial charge in [-0.2, -0.15) is 0 Å². The van der Waals surface area contributed by atoms with E-state index < -0.39 is 16.8 Å². The van der Waals surface area contributed by atoms with Gasteiger partial charge < -0.3 is 10.8 Å². The molecule has 1 unspecified atom stereocenters. The minimum Gasteiger partial charge on any atom is -0.387 e. The summed E-state index contributed by atoms with van der Waals surface area (Å²) in [5.74, 6) is 0. The van der Waals surface area contributed by atoms with E-state index in [2.05, 4.69) is 0 Å². The molecule has 0 amide bonds. The third-order valence-corrected chi connectivity index (χ3v) is 2.43. The predicted octanol–water partition coefficient (Wildman–Crippen LogP) is -0.351. The van der Waals surface area contributed by atoms with Gasteiger partial charge in [0.1, 0.15) is 0 Å². The second kappa shape index (κ2) is 4.36. The van der Waals surface area contributed by atoms with Crippen LogP contribution in [0.5, 0.6) is 0 Å². The molecule has 0 bridgehead atoms. The third kappa shape index (κ3) is 2.51. The Bertz CT molecular complexity index is 337. The van der Waals surface area contributed by atoms with Crippen LogP contribution in [0.3, 0.4) is 0 Å². The van der Waals surface area contributed by atoms with Crippen molar-refractivity contribution in [2.45, 2.75) is 11.0 Å². The van der Waals surface area contributed by atoms with Crippen LogP contribution in [0, 0.1) is 0 Å². The van der Waals surface area contributed by atoms with Gasteiger partial charge in [-0.25, -0.2) is 8.42 Å². The fourth-order valence-electron chi connectivity index (χ4n) is 0.954. The van der Waals surface area contributed by atoms with Crippen LogP contribution in [-0.2, 0) is 10.7 Å². The summed E-state index contributed by atoms with van der Waals surface area (Å²) in [6, 6.07) is 6.00. The molecule has 0 fully saturated rings. The van der Waals surface area contributed by atoms with Gasteiger partial charge in [-0.05, 0) is 17.7 Å². The van der Waals surface area contributed by atoms with E-state index in [0.29, 0.717) is 5.56 Å². The van der Waals surface area contributed by atoms with Crippen LogP contribution in [0.1, 0.15) is 11.7 Å². The Kier molecular flexibility index (Phi) is 3.41. The van der Waals surface area contributed by atoms with Gasteiger partial charge >= 0.3 is 0 Å². The number of rotatable bonds is 3. The Morgan fingerprint density at radius 3 is 2.23 bits per heavy atom. The van der Waals surface area contributed by atoms with E-state index in [1.165, 1.54) is 12.1 Å². The van der Waals surface area contributed by atoms with E-state index in [0.717, 1.165) is 0 Å². The molecule has 4 nitrogen and oxygen atoms in total. The highest BCUT2D eigenvalue weighted by Crippen LogP contribution is 2.12. The van der Waals surface area contributed by atoms with Gasteiger partial charge in [0.05, 0.1) is 11.0 Å². The van der Waals surface area contributed by atoms with Crippen molar-refractivity contribution in [1.82, 2.24) is 0 Å². The first-order valence-electron chi connectivity index (χ1n) is 3.77. The molecular formula is C8H11NO3S. The molecule has 0 spiro atoms. The van der Waals surface area contributed by atoms with Gasteiger partial charge in [0.25, 0.3) is 0 Å². The summed E-state index contributed by atoms with van der Waals surface area (Å²) >= 11 is 0. The lowest BCUT2D eigenvalue weighted by Gasteiger charge is -2.06. The van der Waals surface area contributed by atoms with E-state index >= 15 is 0 Å². The highest BCUT2D eigenvalue weighted by molar-refractivity contribution is 7.72. The maximum Gasteiger partial charge on any atom is 0.168 e. The first-order chi connectivity index (χ1) is 6.15. The van der Waals surface area contributed by atoms with Gasteiger partial charge in [0.2, 0.25) is 0 Å². The van der Waals surface area contributed by atoms with Crippen molar-refractivity contribution in [2.24, 2.45) is 5.73 Å².